The zero-order valence-corrected chi connectivity index (χ0v) is 19.4. The SMILES string of the molecule is CCN(C(=O)CSc1nc2[nH]ncc2c(=O)n1-c1ccc(Br)cc1)c1cccc(C)c1. The van der Waals surface area contributed by atoms with Crippen molar-refractivity contribution < 1.29 is 4.79 Å². The zero-order chi connectivity index (χ0) is 22.0. The van der Waals surface area contributed by atoms with E-state index in [4.69, 9.17) is 0 Å². The first-order chi connectivity index (χ1) is 15.0. The minimum atomic E-state index is -0.234. The quantitative estimate of drug-likeness (QED) is 0.316. The molecule has 1 amide bonds. The Morgan fingerprint density at radius 3 is 2.71 bits per heavy atom. The molecule has 7 nitrogen and oxygen atoms in total. The third kappa shape index (κ3) is 4.42. The molecule has 0 aliphatic carbocycles. The maximum absolute atomic E-state index is 13.1. The van der Waals surface area contributed by atoms with Crippen molar-refractivity contribution in [2.75, 3.05) is 17.2 Å². The topological polar surface area (TPSA) is 83.9 Å². The summed E-state index contributed by atoms with van der Waals surface area (Å²) in [5.41, 5.74) is 2.79. The van der Waals surface area contributed by atoms with E-state index < -0.39 is 0 Å². The predicted octanol–water partition coefficient (Wildman–Crippen LogP) is 4.32. The van der Waals surface area contributed by atoms with Crippen LogP contribution in [0.3, 0.4) is 0 Å². The molecule has 0 fully saturated rings. The second-order valence-corrected chi connectivity index (χ2v) is 8.77. The standard InChI is InChI=1S/C22H20BrN5O2S/c1-3-27(17-6-4-5-14(2)11-17)19(29)13-31-22-25-20-18(12-24-26-20)21(30)28(22)16-9-7-15(23)8-10-16/h4-12H,3,13H2,1-2H3,(H,24,26). The molecule has 0 radical (unpaired) electrons. The van der Waals surface area contributed by atoms with Crippen LogP contribution in [-0.4, -0.2) is 38.0 Å². The van der Waals surface area contributed by atoms with E-state index in [1.165, 1.54) is 22.5 Å². The fourth-order valence-corrected chi connectivity index (χ4v) is 4.44. The summed E-state index contributed by atoms with van der Waals surface area (Å²) in [5, 5.41) is 7.52. The smallest absolute Gasteiger partial charge is 0.269 e. The number of fused-ring (bicyclic) bond motifs is 1. The van der Waals surface area contributed by atoms with E-state index in [2.05, 4.69) is 31.1 Å². The lowest BCUT2D eigenvalue weighted by molar-refractivity contribution is -0.116. The summed E-state index contributed by atoms with van der Waals surface area (Å²) in [7, 11) is 0. The van der Waals surface area contributed by atoms with Gasteiger partial charge >= 0.3 is 0 Å². The Labute approximate surface area is 191 Å². The van der Waals surface area contributed by atoms with Crippen LogP contribution in [-0.2, 0) is 4.79 Å². The molecule has 0 aliphatic rings. The Kier molecular flexibility index (Phi) is 6.24. The summed E-state index contributed by atoms with van der Waals surface area (Å²) in [4.78, 5) is 32.4. The summed E-state index contributed by atoms with van der Waals surface area (Å²) >= 11 is 4.65. The summed E-state index contributed by atoms with van der Waals surface area (Å²) in [6, 6.07) is 15.2. The van der Waals surface area contributed by atoms with Gasteiger partial charge in [-0.25, -0.2) is 4.98 Å². The normalized spacial score (nSPS) is 11.1. The molecular weight excluding hydrogens is 478 g/mol. The molecule has 0 atom stereocenters. The highest BCUT2D eigenvalue weighted by molar-refractivity contribution is 9.10. The van der Waals surface area contributed by atoms with Crippen molar-refractivity contribution in [3.05, 3.63) is 75.1 Å². The number of aromatic amines is 1. The molecule has 4 rings (SSSR count). The van der Waals surface area contributed by atoms with E-state index in [0.29, 0.717) is 28.4 Å². The van der Waals surface area contributed by atoms with Crippen LogP contribution in [0.2, 0.25) is 0 Å². The Morgan fingerprint density at radius 1 is 1.23 bits per heavy atom. The molecule has 0 saturated heterocycles. The highest BCUT2D eigenvalue weighted by Gasteiger charge is 2.19. The Balaban J connectivity index is 1.67. The molecule has 31 heavy (non-hydrogen) atoms. The molecule has 1 N–H and O–H groups in total. The average Bonchev–Trinajstić information content (AvgIpc) is 3.23. The second-order valence-electron chi connectivity index (χ2n) is 6.91. The molecule has 0 unspecified atom stereocenters. The van der Waals surface area contributed by atoms with Gasteiger partial charge in [0.25, 0.3) is 5.56 Å². The molecule has 2 aromatic heterocycles. The molecule has 9 heteroatoms. The number of aromatic nitrogens is 4. The zero-order valence-electron chi connectivity index (χ0n) is 17.0. The highest BCUT2D eigenvalue weighted by Crippen LogP contribution is 2.23. The minimum Gasteiger partial charge on any atom is -0.312 e. The van der Waals surface area contributed by atoms with Gasteiger partial charge in [0.2, 0.25) is 5.91 Å². The van der Waals surface area contributed by atoms with Gasteiger partial charge in [-0.2, -0.15) is 5.10 Å². The Hall–Kier alpha value is -2.91. The number of aryl methyl sites for hydroxylation is 1. The van der Waals surface area contributed by atoms with E-state index in [1.807, 2.05) is 62.4 Å². The number of H-pyrrole nitrogens is 1. The summed E-state index contributed by atoms with van der Waals surface area (Å²) in [6.07, 6.45) is 1.47. The van der Waals surface area contributed by atoms with Crippen LogP contribution in [0.5, 0.6) is 0 Å². The lowest BCUT2D eigenvalue weighted by atomic mass is 10.2. The number of rotatable bonds is 6. The first-order valence-electron chi connectivity index (χ1n) is 9.70. The van der Waals surface area contributed by atoms with Crippen LogP contribution in [0, 0.1) is 6.92 Å². The van der Waals surface area contributed by atoms with Gasteiger partial charge < -0.3 is 4.90 Å². The molecule has 0 saturated carbocycles. The van der Waals surface area contributed by atoms with Gasteiger partial charge in [0.05, 0.1) is 17.6 Å². The number of nitrogens with one attached hydrogen (secondary N) is 1. The third-order valence-electron chi connectivity index (χ3n) is 4.79. The number of nitrogens with zero attached hydrogens (tertiary/aromatic N) is 4. The number of carbonyl (C=O) groups excluding carboxylic acids is 1. The average molecular weight is 498 g/mol. The van der Waals surface area contributed by atoms with Crippen LogP contribution in [0.1, 0.15) is 12.5 Å². The molecule has 0 aliphatic heterocycles. The number of benzene rings is 2. The van der Waals surface area contributed by atoms with E-state index in [1.54, 1.807) is 4.90 Å². The lowest BCUT2D eigenvalue weighted by Crippen LogP contribution is -2.32. The second kappa shape index (κ2) is 9.07. The van der Waals surface area contributed by atoms with Crippen LogP contribution in [0.4, 0.5) is 5.69 Å². The summed E-state index contributed by atoms with van der Waals surface area (Å²) in [5.74, 6) is 0.0871. The van der Waals surface area contributed by atoms with Crippen LogP contribution in [0.15, 0.2) is 69.2 Å². The molecule has 4 aromatic rings. The highest BCUT2D eigenvalue weighted by atomic mass is 79.9. The lowest BCUT2D eigenvalue weighted by Gasteiger charge is -2.21. The molecule has 0 spiro atoms. The van der Waals surface area contributed by atoms with E-state index in [-0.39, 0.29) is 17.2 Å². The van der Waals surface area contributed by atoms with Crippen molar-refractivity contribution in [1.29, 1.82) is 0 Å². The van der Waals surface area contributed by atoms with E-state index >= 15 is 0 Å². The fourth-order valence-electron chi connectivity index (χ4n) is 3.29. The maximum Gasteiger partial charge on any atom is 0.269 e. The van der Waals surface area contributed by atoms with Crippen LogP contribution < -0.4 is 10.5 Å². The first-order valence-corrected chi connectivity index (χ1v) is 11.5. The first kappa shape index (κ1) is 21.3. The number of carbonyl (C=O) groups is 1. The molecule has 2 heterocycles. The van der Waals surface area contributed by atoms with Crippen molar-refractivity contribution in [2.24, 2.45) is 0 Å². The minimum absolute atomic E-state index is 0.0561. The fraction of sp³-hybridized carbons (Fsp3) is 0.182. The number of amides is 1. The van der Waals surface area contributed by atoms with E-state index in [0.717, 1.165) is 15.7 Å². The van der Waals surface area contributed by atoms with Crippen LogP contribution in [0.25, 0.3) is 16.7 Å². The van der Waals surface area contributed by atoms with Gasteiger partial charge in [0.1, 0.15) is 5.39 Å². The van der Waals surface area contributed by atoms with Crippen molar-refractivity contribution in [2.45, 2.75) is 19.0 Å². The maximum atomic E-state index is 13.1. The predicted molar refractivity (Wildman–Crippen MR) is 127 cm³/mol. The van der Waals surface area contributed by atoms with Gasteiger partial charge in [0, 0.05) is 16.7 Å². The molecule has 2 aromatic carbocycles. The number of anilines is 1. The molecule has 0 bridgehead atoms. The van der Waals surface area contributed by atoms with Crippen LogP contribution >= 0.6 is 27.7 Å². The Morgan fingerprint density at radius 2 is 2.00 bits per heavy atom. The molecule has 158 valence electrons. The van der Waals surface area contributed by atoms with Crippen molar-refractivity contribution in [3.8, 4) is 5.69 Å². The number of halogens is 1. The number of thioether (sulfide) groups is 1. The Bertz CT molecular complexity index is 1300. The summed E-state index contributed by atoms with van der Waals surface area (Å²) in [6.45, 7) is 4.49. The van der Waals surface area contributed by atoms with Crippen molar-refractivity contribution >= 4 is 50.3 Å². The van der Waals surface area contributed by atoms with Gasteiger partial charge in [-0.15, -0.1) is 0 Å². The monoisotopic (exact) mass is 497 g/mol. The van der Waals surface area contributed by atoms with E-state index in [9.17, 15) is 9.59 Å². The third-order valence-corrected chi connectivity index (χ3v) is 6.24. The molecular formula is C22H20BrN5O2S. The number of hydrogen-bond donors (Lipinski definition) is 1. The van der Waals surface area contributed by atoms with Crippen molar-refractivity contribution in [3.63, 3.8) is 0 Å². The van der Waals surface area contributed by atoms with Crippen molar-refractivity contribution in [1.82, 2.24) is 19.7 Å². The summed E-state index contributed by atoms with van der Waals surface area (Å²) < 4.78 is 2.42. The number of hydrogen-bond acceptors (Lipinski definition) is 5. The van der Waals surface area contributed by atoms with Gasteiger partial charge in [-0.1, -0.05) is 39.8 Å². The van der Waals surface area contributed by atoms with Gasteiger partial charge in [-0.3, -0.25) is 19.3 Å². The van der Waals surface area contributed by atoms with Gasteiger partial charge in [-0.05, 0) is 55.8 Å². The van der Waals surface area contributed by atoms with Gasteiger partial charge in [0.15, 0.2) is 10.8 Å². The largest absolute Gasteiger partial charge is 0.312 e.